The molecule has 0 bridgehead atoms. The number of benzene rings is 1. The van der Waals surface area contributed by atoms with E-state index in [9.17, 15) is 14.4 Å². The van der Waals surface area contributed by atoms with Gasteiger partial charge in [-0.1, -0.05) is 0 Å². The van der Waals surface area contributed by atoms with E-state index in [0.29, 0.717) is 47.7 Å². The normalized spacial score (nSPS) is 10.6. The number of hydrogen-bond acceptors (Lipinski definition) is 7. The number of esters is 1. The van der Waals surface area contributed by atoms with Crippen LogP contribution < -0.4 is 5.32 Å². The molecule has 28 heavy (non-hydrogen) atoms. The van der Waals surface area contributed by atoms with E-state index in [4.69, 9.17) is 4.74 Å². The Labute approximate surface area is 161 Å². The van der Waals surface area contributed by atoms with Crippen LogP contribution in [0.15, 0.2) is 36.5 Å². The zero-order valence-electron chi connectivity index (χ0n) is 15.6. The second-order valence-corrected chi connectivity index (χ2v) is 6.06. The molecule has 3 rings (SSSR count). The van der Waals surface area contributed by atoms with Crippen LogP contribution in [-0.2, 0) is 16.6 Å². The Bertz CT molecular complexity index is 1040. The number of imidazole rings is 1. The molecule has 8 nitrogen and oxygen atoms in total. The molecule has 8 heteroatoms. The third-order valence-corrected chi connectivity index (χ3v) is 4.26. The van der Waals surface area contributed by atoms with E-state index >= 15 is 0 Å². The molecular weight excluding hydrogens is 360 g/mol. The molecule has 144 valence electrons. The highest BCUT2D eigenvalue weighted by molar-refractivity contribution is 6.13. The first kappa shape index (κ1) is 19.2. The predicted octanol–water partition coefficient (Wildman–Crippen LogP) is 2.38. The Morgan fingerprint density at radius 2 is 2.11 bits per heavy atom. The zero-order valence-corrected chi connectivity index (χ0v) is 15.6. The van der Waals surface area contributed by atoms with E-state index in [-0.39, 0.29) is 18.2 Å². The molecule has 0 fully saturated rings. The highest BCUT2D eigenvalue weighted by Crippen LogP contribution is 2.21. The van der Waals surface area contributed by atoms with Gasteiger partial charge in [0.2, 0.25) is 0 Å². The Morgan fingerprint density at radius 1 is 1.29 bits per heavy atom. The van der Waals surface area contributed by atoms with Crippen molar-refractivity contribution in [3.05, 3.63) is 53.5 Å². The number of nitrogens with zero attached hydrogens (tertiary/aromatic N) is 3. The average Bonchev–Trinajstić information content (AvgIpc) is 3.03. The molecular formula is C20H20N4O4. The van der Waals surface area contributed by atoms with Crippen molar-refractivity contribution >= 4 is 34.9 Å². The number of carbonyl (C=O) groups is 3. The molecule has 0 radical (unpaired) electrons. The summed E-state index contributed by atoms with van der Waals surface area (Å²) in [6.45, 7) is 2.38. The summed E-state index contributed by atoms with van der Waals surface area (Å²) >= 11 is 0. The lowest BCUT2D eigenvalue weighted by molar-refractivity contribution is -0.142. The molecule has 2 heterocycles. The third-order valence-electron chi connectivity index (χ3n) is 4.26. The van der Waals surface area contributed by atoms with Gasteiger partial charge >= 0.3 is 5.97 Å². The monoisotopic (exact) mass is 380 g/mol. The van der Waals surface area contributed by atoms with Gasteiger partial charge in [0.25, 0.3) is 0 Å². The van der Waals surface area contributed by atoms with Crippen molar-refractivity contribution in [3.8, 4) is 0 Å². The van der Waals surface area contributed by atoms with Crippen LogP contribution in [0.25, 0.3) is 11.0 Å². The molecule has 0 unspecified atom stereocenters. The van der Waals surface area contributed by atoms with Gasteiger partial charge in [0.05, 0.1) is 29.6 Å². The zero-order chi connectivity index (χ0) is 20.1. The van der Waals surface area contributed by atoms with Crippen molar-refractivity contribution in [2.45, 2.75) is 13.3 Å². The van der Waals surface area contributed by atoms with Crippen LogP contribution in [-0.4, -0.2) is 45.7 Å². The fourth-order valence-electron chi connectivity index (χ4n) is 2.87. The molecule has 0 aliphatic heterocycles. The molecule has 0 atom stereocenters. The van der Waals surface area contributed by atoms with Gasteiger partial charge in [-0.3, -0.25) is 14.4 Å². The van der Waals surface area contributed by atoms with Gasteiger partial charge in [0.15, 0.2) is 17.9 Å². The van der Waals surface area contributed by atoms with Crippen LogP contribution in [0.4, 0.5) is 5.82 Å². The van der Waals surface area contributed by atoms with Gasteiger partial charge in [-0.25, -0.2) is 9.97 Å². The van der Waals surface area contributed by atoms with Gasteiger partial charge in [0, 0.05) is 25.4 Å². The van der Waals surface area contributed by atoms with Gasteiger partial charge in [-0.15, -0.1) is 0 Å². The molecule has 2 aromatic heterocycles. The largest absolute Gasteiger partial charge is 0.466 e. The second kappa shape index (κ2) is 8.43. The van der Waals surface area contributed by atoms with Crippen molar-refractivity contribution in [3.63, 3.8) is 0 Å². The lowest BCUT2D eigenvalue weighted by Gasteiger charge is -2.10. The summed E-state index contributed by atoms with van der Waals surface area (Å²) in [5.41, 5.74) is 2.15. The lowest BCUT2D eigenvalue weighted by atomic mass is 10.0. The Hall–Kier alpha value is -3.55. The molecule has 3 aromatic rings. The predicted molar refractivity (Wildman–Crippen MR) is 104 cm³/mol. The standard InChI is InChI=1S/C20H20N4O4/c1-3-28-18(26)8-10-22-20-14(5-4-9-21-20)19(27)13-6-7-16-15(11-13)23-17(12-25)24(16)2/h4-7,9,11-12H,3,8,10H2,1-2H3,(H,21,22). The maximum atomic E-state index is 13.0. The minimum atomic E-state index is -0.314. The van der Waals surface area contributed by atoms with Gasteiger partial charge in [-0.05, 0) is 37.3 Å². The lowest BCUT2D eigenvalue weighted by Crippen LogP contribution is -2.14. The second-order valence-electron chi connectivity index (χ2n) is 6.06. The number of ether oxygens (including phenoxy) is 1. The summed E-state index contributed by atoms with van der Waals surface area (Å²) in [4.78, 5) is 44.0. The Morgan fingerprint density at radius 3 is 2.86 bits per heavy atom. The number of aromatic nitrogens is 3. The number of hydrogen-bond donors (Lipinski definition) is 1. The Kier molecular flexibility index (Phi) is 5.78. The number of nitrogens with one attached hydrogen (secondary N) is 1. The fourth-order valence-corrected chi connectivity index (χ4v) is 2.87. The van der Waals surface area contributed by atoms with Gasteiger partial charge in [-0.2, -0.15) is 0 Å². The highest BCUT2D eigenvalue weighted by atomic mass is 16.5. The molecule has 0 spiro atoms. The van der Waals surface area contributed by atoms with Crippen LogP contribution in [0, 0.1) is 0 Å². The van der Waals surface area contributed by atoms with Crippen molar-refractivity contribution in [1.82, 2.24) is 14.5 Å². The summed E-state index contributed by atoms with van der Waals surface area (Å²) in [6.07, 6.45) is 2.42. The molecule has 0 saturated heterocycles. The quantitative estimate of drug-likeness (QED) is 0.363. The SMILES string of the molecule is CCOC(=O)CCNc1ncccc1C(=O)c1ccc2c(c1)nc(C=O)n2C. The first-order chi connectivity index (χ1) is 13.5. The first-order valence-electron chi connectivity index (χ1n) is 8.86. The van der Waals surface area contributed by atoms with Gasteiger partial charge in [0.1, 0.15) is 5.82 Å². The number of rotatable bonds is 8. The topological polar surface area (TPSA) is 103 Å². The first-order valence-corrected chi connectivity index (χ1v) is 8.86. The summed E-state index contributed by atoms with van der Waals surface area (Å²) in [5.74, 6) is 0.145. The minimum Gasteiger partial charge on any atom is -0.466 e. The van der Waals surface area contributed by atoms with Crippen molar-refractivity contribution in [2.24, 2.45) is 7.05 Å². The maximum absolute atomic E-state index is 13.0. The van der Waals surface area contributed by atoms with Crippen LogP contribution in [0.2, 0.25) is 0 Å². The van der Waals surface area contributed by atoms with Gasteiger partial charge < -0.3 is 14.6 Å². The molecule has 0 aliphatic rings. The van der Waals surface area contributed by atoms with E-state index in [1.54, 1.807) is 55.1 Å². The summed E-state index contributed by atoms with van der Waals surface area (Å²) in [6, 6.07) is 8.44. The van der Waals surface area contributed by atoms with E-state index in [1.165, 1.54) is 0 Å². The van der Waals surface area contributed by atoms with Crippen molar-refractivity contribution in [1.29, 1.82) is 0 Å². The fraction of sp³-hybridized carbons (Fsp3) is 0.250. The van der Waals surface area contributed by atoms with Crippen LogP contribution in [0.1, 0.15) is 39.9 Å². The summed E-state index contributed by atoms with van der Waals surface area (Å²) in [7, 11) is 1.74. The van der Waals surface area contributed by atoms with E-state index in [2.05, 4.69) is 15.3 Å². The number of pyridine rings is 1. The highest BCUT2D eigenvalue weighted by Gasteiger charge is 2.17. The average molecular weight is 380 g/mol. The number of anilines is 1. The van der Waals surface area contributed by atoms with Crippen LogP contribution in [0.5, 0.6) is 0 Å². The number of aryl methyl sites for hydroxylation is 1. The number of ketones is 1. The third kappa shape index (κ3) is 3.90. The minimum absolute atomic E-state index is 0.173. The van der Waals surface area contributed by atoms with Crippen molar-refractivity contribution < 1.29 is 19.1 Å². The molecule has 1 N–H and O–H groups in total. The molecule has 0 amide bonds. The molecule has 0 aliphatic carbocycles. The number of carbonyl (C=O) groups excluding carboxylic acids is 3. The van der Waals surface area contributed by atoms with E-state index in [0.717, 1.165) is 5.52 Å². The van der Waals surface area contributed by atoms with Crippen LogP contribution >= 0.6 is 0 Å². The van der Waals surface area contributed by atoms with Crippen molar-refractivity contribution in [2.75, 3.05) is 18.5 Å². The summed E-state index contributed by atoms with van der Waals surface area (Å²) in [5, 5.41) is 3.01. The van der Waals surface area contributed by atoms with E-state index < -0.39 is 0 Å². The number of fused-ring (bicyclic) bond motifs is 1. The van der Waals surface area contributed by atoms with Crippen LogP contribution in [0.3, 0.4) is 0 Å². The molecule has 1 aromatic carbocycles. The van der Waals surface area contributed by atoms with E-state index in [1.807, 2.05) is 0 Å². The Balaban J connectivity index is 1.83. The smallest absolute Gasteiger partial charge is 0.307 e. The summed E-state index contributed by atoms with van der Waals surface area (Å²) < 4.78 is 6.56. The number of aldehydes is 1. The molecule has 0 saturated carbocycles. The maximum Gasteiger partial charge on any atom is 0.307 e.